The number of rotatable bonds is 4. The van der Waals surface area contributed by atoms with Crippen LogP contribution >= 0.6 is 0 Å². The third-order valence-electron chi connectivity index (χ3n) is 5.65. The molecule has 5 nitrogen and oxygen atoms in total. The van der Waals surface area contributed by atoms with Crippen LogP contribution in [0.5, 0.6) is 5.75 Å². The second-order valence-corrected chi connectivity index (χ2v) is 7.42. The SMILES string of the molecule is CC1COCCC1c1noc(C2(c3cccc(OC(F)(F)F)c3)CCC2)n1. The van der Waals surface area contributed by atoms with Crippen LogP contribution in [0.15, 0.2) is 28.8 Å². The van der Waals surface area contributed by atoms with Crippen LogP contribution in [0, 0.1) is 5.92 Å². The fourth-order valence-corrected chi connectivity index (χ4v) is 3.99. The Morgan fingerprint density at radius 3 is 2.74 bits per heavy atom. The first-order valence-corrected chi connectivity index (χ1v) is 9.15. The van der Waals surface area contributed by atoms with Crippen LogP contribution in [-0.2, 0) is 10.2 Å². The lowest BCUT2D eigenvalue weighted by Gasteiger charge is -2.39. The molecule has 8 heteroatoms. The van der Waals surface area contributed by atoms with Crippen LogP contribution in [0.3, 0.4) is 0 Å². The summed E-state index contributed by atoms with van der Waals surface area (Å²) in [5.41, 5.74) is 0.177. The molecule has 2 atom stereocenters. The van der Waals surface area contributed by atoms with E-state index in [9.17, 15) is 13.2 Å². The summed E-state index contributed by atoms with van der Waals surface area (Å²) in [7, 11) is 0. The topological polar surface area (TPSA) is 57.4 Å². The zero-order valence-electron chi connectivity index (χ0n) is 15.0. The minimum Gasteiger partial charge on any atom is -0.406 e. The molecule has 0 spiro atoms. The maximum Gasteiger partial charge on any atom is 0.573 e. The zero-order valence-corrected chi connectivity index (χ0v) is 15.0. The number of nitrogens with zero attached hydrogens (tertiary/aromatic N) is 2. The van der Waals surface area contributed by atoms with E-state index < -0.39 is 11.8 Å². The first kappa shape index (κ1) is 18.3. The number of benzene rings is 1. The van der Waals surface area contributed by atoms with Crippen LogP contribution in [0.2, 0.25) is 0 Å². The van der Waals surface area contributed by atoms with E-state index in [-0.39, 0.29) is 11.7 Å². The van der Waals surface area contributed by atoms with Gasteiger partial charge in [-0.2, -0.15) is 4.98 Å². The van der Waals surface area contributed by atoms with Crippen LogP contribution in [0.1, 0.15) is 55.8 Å². The molecule has 2 fully saturated rings. The van der Waals surface area contributed by atoms with Gasteiger partial charge in [-0.05, 0) is 42.9 Å². The van der Waals surface area contributed by atoms with E-state index in [1.54, 1.807) is 12.1 Å². The van der Waals surface area contributed by atoms with Crippen molar-refractivity contribution < 1.29 is 27.2 Å². The van der Waals surface area contributed by atoms with Crippen molar-refractivity contribution in [3.63, 3.8) is 0 Å². The minimum absolute atomic E-state index is 0.174. The number of hydrogen-bond donors (Lipinski definition) is 0. The third kappa shape index (κ3) is 3.54. The highest BCUT2D eigenvalue weighted by atomic mass is 19.4. The summed E-state index contributed by atoms with van der Waals surface area (Å²) in [5.74, 6) is 1.38. The van der Waals surface area contributed by atoms with E-state index in [4.69, 9.17) is 9.26 Å². The van der Waals surface area contributed by atoms with Gasteiger partial charge in [-0.3, -0.25) is 0 Å². The predicted molar refractivity (Wildman–Crippen MR) is 89.4 cm³/mol. The van der Waals surface area contributed by atoms with Crippen LogP contribution in [0.25, 0.3) is 0 Å². The van der Waals surface area contributed by atoms with Crippen molar-refractivity contribution in [2.45, 2.75) is 50.3 Å². The fraction of sp³-hybridized carbons (Fsp3) is 0.579. The first-order valence-electron chi connectivity index (χ1n) is 9.15. The Morgan fingerprint density at radius 1 is 1.26 bits per heavy atom. The van der Waals surface area contributed by atoms with Crippen molar-refractivity contribution in [1.29, 1.82) is 0 Å². The lowest BCUT2D eigenvalue weighted by Crippen LogP contribution is -2.36. The summed E-state index contributed by atoms with van der Waals surface area (Å²) >= 11 is 0. The molecule has 2 aliphatic rings. The van der Waals surface area contributed by atoms with Gasteiger partial charge in [0.2, 0.25) is 5.89 Å². The molecule has 0 radical (unpaired) electrons. The lowest BCUT2D eigenvalue weighted by atomic mass is 9.64. The van der Waals surface area contributed by atoms with Crippen LogP contribution < -0.4 is 4.74 Å². The lowest BCUT2D eigenvalue weighted by molar-refractivity contribution is -0.274. The standard InChI is InChI=1S/C19H21F3N2O3/c1-12-11-25-9-6-15(12)16-23-17(27-24-16)18(7-3-8-18)13-4-2-5-14(10-13)26-19(20,21)22/h2,4-5,10,12,15H,3,6-9,11H2,1H3. The molecular formula is C19H21F3N2O3. The van der Waals surface area contributed by atoms with E-state index in [1.165, 1.54) is 12.1 Å². The average molecular weight is 382 g/mol. The maximum atomic E-state index is 12.6. The van der Waals surface area contributed by atoms with E-state index in [0.29, 0.717) is 36.4 Å². The largest absolute Gasteiger partial charge is 0.573 e. The van der Waals surface area contributed by atoms with Gasteiger partial charge in [0, 0.05) is 19.1 Å². The third-order valence-corrected chi connectivity index (χ3v) is 5.65. The average Bonchev–Trinajstić information content (AvgIpc) is 3.03. The highest BCUT2D eigenvalue weighted by molar-refractivity contribution is 5.40. The van der Waals surface area contributed by atoms with E-state index in [2.05, 4.69) is 21.8 Å². The van der Waals surface area contributed by atoms with Gasteiger partial charge in [0.05, 0.1) is 5.41 Å². The van der Waals surface area contributed by atoms with Crippen molar-refractivity contribution in [2.24, 2.45) is 5.92 Å². The number of ether oxygens (including phenoxy) is 2. The Labute approximate surface area is 154 Å². The van der Waals surface area contributed by atoms with E-state index >= 15 is 0 Å². The van der Waals surface area contributed by atoms with Crippen molar-refractivity contribution >= 4 is 0 Å². The number of halogens is 3. The zero-order chi connectivity index (χ0) is 19.1. The molecule has 2 heterocycles. The molecule has 1 aromatic carbocycles. The molecule has 4 rings (SSSR count). The summed E-state index contributed by atoms with van der Waals surface area (Å²) < 4.78 is 52.8. The minimum atomic E-state index is -4.72. The smallest absolute Gasteiger partial charge is 0.406 e. The number of alkyl halides is 3. The molecule has 1 aromatic heterocycles. The van der Waals surface area contributed by atoms with Gasteiger partial charge in [0.25, 0.3) is 0 Å². The molecule has 1 saturated heterocycles. The summed E-state index contributed by atoms with van der Waals surface area (Å²) in [5, 5.41) is 4.19. The van der Waals surface area contributed by atoms with Gasteiger partial charge in [-0.25, -0.2) is 0 Å². The summed E-state index contributed by atoms with van der Waals surface area (Å²) in [4.78, 5) is 4.66. The monoisotopic (exact) mass is 382 g/mol. The molecule has 0 bridgehead atoms. The molecule has 27 heavy (non-hydrogen) atoms. The molecule has 2 aromatic rings. The molecule has 2 unspecified atom stereocenters. The molecular weight excluding hydrogens is 361 g/mol. The number of aromatic nitrogens is 2. The van der Waals surface area contributed by atoms with Gasteiger partial charge in [-0.15, -0.1) is 13.2 Å². The fourth-order valence-electron chi connectivity index (χ4n) is 3.99. The summed E-state index contributed by atoms with van der Waals surface area (Å²) in [6.45, 7) is 3.42. The Bertz CT molecular complexity index is 801. The molecule has 0 amide bonds. The van der Waals surface area contributed by atoms with Crippen LogP contribution in [0.4, 0.5) is 13.2 Å². The van der Waals surface area contributed by atoms with Gasteiger partial charge in [0.15, 0.2) is 5.82 Å². The van der Waals surface area contributed by atoms with E-state index in [1.807, 2.05) is 0 Å². The van der Waals surface area contributed by atoms with Crippen molar-refractivity contribution in [1.82, 2.24) is 10.1 Å². The summed E-state index contributed by atoms with van der Waals surface area (Å²) in [6.07, 6.45) is -1.42. The summed E-state index contributed by atoms with van der Waals surface area (Å²) in [6, 6.07) is 6.08. The van der Waals surface area contributed by atoms with Gasteiger partial charge in [-0.1, -0.05) is 30.6 Å². The van der Waals surface area contributed by atoms with Crippen molar-refractivity contribution in [3.8, 4) is 5.75 Å². The Hall–Kier alpha value is -2.09. The highest BCUT2D eigenvalue weighted by Crippen LogP contribution is 2.49. The van der Waals surface area contributed by atoms with E-state index in [0.717, 1.165) is 25.7 Å². The van der Waals surface area contributed by atoms with Crippen LogP contribution in [-0.4, -0.2) is 29.7 Å². The Balaban J connectivity index is 1.63. The quantitative estimate of drug-likeness (QED) is 0.775. The molecule has 1 saturated carbocycles. The Morgan fingerprint density at radius 2 is 2.07 bits per heavy atom. The van der Waals surface area contributed by atoms with Crippen molar-refractivity contribution in [3.05, 3.63) is 41.5 Å². The highest BCUT2D eigenvalue weighted by Gasteiger charge is 2.46. The predicted octanol–water partition coefficient (Wildman–Crippen LogP) is 4.58. The molecule has 0 N–H and O–H groups in total. The molecule has 1 aliphatic heterocycles. The van der Waals surface area contributed by atoms with Gasteiger partial charge >= 0.3 is 6.36 Å². The first-order chi connectivity index (χ1) is 12.9. The number of hydrogen-bond acceptors (Lipinski definition) is 5. The maximum absolute atomic E-state index is 12.6. The second kappa shape index (κ2) is 6.82. The molecule has 1 aliphatic carbocycles. The van der Waals surface area contributed by atoms with Crippen molar-refractivity contribution in [2.75, 3.05) is 13.2 Å². The van der Waals surface area contributed by atoms with Gasteiger partial charge in [0.1, 0.15) is 5.75 Å². The van der Waals surface area contributed by atoms with Gasteiger partial charge < -0.3 is 14.0 Å². The molecule has 146 valence electrons. The second-order valence-electron chi connectivity index (χ2n) is 7.42. The normalized spacial score (nSPS) is 25.0. The Kier molecular flexibility index (Phi) is 4.61.